The zero-order valence-corrected chi connectivity index (χ0v) is 12.4. The highest BCUT2D eigenvalue weighted by molar-refractivity contribution is 6.06. The fraction of sp³-hybridized carbons (Fsp3) is 0.692. The van der Waals surface area contributed by atoms with E-state index in [2.05, 4.69) is 29.2 Å². The van der Waals surface area contributed by atoms with E-state index >= 15 is 0 Å². The van der Waals surface area contributed by atoms with Crippen molar-refractivity contribution in [2.75, 3.05) is 0 Å². The second-order valence-electron chi connectivity index (χ2n) is 5.73. The van der Waals surface area contributed by atoms with Gasteiger partial charge in [0.25, 0.3) is 5.91 Å². The SMILES string of the molecule is CCC1(C)C(=O)NC(=O)N1Cc1ncnn1CC(C)C. The highest BCUT2D eigenvalue weighted by Crippen LogP contribution is 2.26. The van der Waals surface area contributed by atoms with Gasteiger partial charge < -0.3 is 4.90 Å². The summed E-state index contributed by atoms with van der Waals surface area (Å²) >= 11 is 0. The second-order valence-corrected chi connectivity index (χ2v) is 5.73. The number of hydrogen-bond donors (Lipinski definition) is 1. The highest BCUT2D eigenvalue weighted by Gasteiger charge is 2.48. The number of aromatic nitrogens is 3. The van der Waals surface area contributed by atoms with Crippen LogP contribution in [0.4, 0.5) is 4.79 Å². The van der Waals surface area contributed by atoms with E-state index in [9.17, 15) is 9.59 Å². The first-order valence-electron chi connectivity index (χ1n) is 6.88. The second kappa shape index (κ2) is 5.22. The molecule has 110 valence electrons. The summed E-state index contributed by atoms with van der Waals surface area (Å²) < 4.78 is 1.79. The van der Waals surface area contributed by atoms with Gasteiger partial charge in [0.1, 0.15) is 17.7 Å². The van der Waals surface area contributed by atoms with Gasteiger partial charge in [-0.05, 0) is 19.3 Å². The van der Waals surface area contributed by atoms with Gasteiger partial charge in [-0.25, -0.2) is 14.5 Å². The Kier molecular flexibility index (Phi) is 3.78. The van der Waals surface area contributed by atoms with E-state index in [0.717, 1.165) is 6.54 Å². The molecule has 0 aromatic carbocycles. The summed E-state index contributed by atoms with van der Waals surface area (Å²) in [6, 6.07) is -0.363. The van der Waals surface area contributed by atoms with E-state index in [1.807, 2.05) is 6.92 Å². The predicted molar refractivity (Wildman–Crippen MR) is 72.6 cm³/mol. The first-order valence-corrected chi connectivity index (χ1v) is 6.88. The number of hydrogen-bond acceptors (Lipinski definition) is 4. The van der Waals surface area contributed by atoms with Gasteiger partial charge in [0.15, 0.2) is 0 Å². The minimum Gasteiger partial charge on any atom is -0.302 e. The molecule has 1 aliphatic rings. The standard InChI is InChI=1S/C13H21N5O2/c1-5-13(4)11(19)16-12(20)17(13)7-10-14-8-15-18(10)6-9(2)3/h8-9H,5-7H2,1-4H3,(H,16,19,20). The molecule has 3 amide bonds. The lowest BCUT2D eigenvalue weighted by molar-refractivity contribution is -0.126. The molecule has 1 aromatic rings. The van der Waals surface area contributed by atoms with Crippen LogP contribution >= 0.6 is 0 Å². The van der Waals surface area contributed by atoms with Crippen LogP contribution in [-0.4, -0.2) is 37.1 Å². The normalized spacial score (nSPS) is 22.8. The van der Waals surface area contributed by atoms with Crippen molar-refractivity contribution < 1.29 is 9.59 Å². The molecule has 0 spiro atoms. The first kappa shape index (κ1) is 14.5. The van der Waals surface area contributed by atoms with E-state index in [-0.39, 0.29) is 18.5 Å². The summed E-state index contributed by atoms with van der Waals surface area (Å²) in [4.78, 5) is 29.6. The third-order valence-corrected chi connectivity index (χ3v) is 3.77. The number of rotatable bonds is 5. The fourth-order valence-electron chi connectivity index (χ4n) is 2.29. The van der Waals surface area contributed by atoms with Crippen LogP contribution in [0.1, 0.15) is 39.9 Å². The van der Waals surface area contributed by atoms with Gasteiger partial charge in [-0.15, -0.1) is 0 Å². The van der Waals surface area contributed by atoms with Crippen molar-refractivity contribution in [1.82, 2.24) is 25.0 Å². The number of nitrogens with zero attached hydrogens (tertiary/aromatic N) is 4. The summed E-state index contributed by atoms with van der Waals surface area (Å²) in [7, 11) is 0. The third kappa shape index (κ3) is 2.39. The Labute approximate surface area is 118 Å². The molecule has 20 heavy (non-hydrogen) atoms. The van der Waals surface area contributed by atoms with Crippen LogP contribution in [0.5, 0.6) is 0 Å². The Hall–Kier alpha value is -1.92. The van der Waals surface area contributed by atoms with Gasteiger partial charge in [-0.2, -0.15) is 5.10 Å². The molecular weight excluding hydrogens is 258 g/mol. The Bertz CT molecular complexity index is 525. The molecule has 1 aliphatic heterocycles. The lowest BCUT2D eigenvalue weighted by atomic mass is 9.97. The summed E-state index contributed by atoms with van der Waals surface area (Å²) in [5, 5.41) is 6.55. The molecule has 0 bridgehead atoms. The van der Waals surface area contributed by atoms with Gasteiger partial charge in [-0.3, -0.25) is 10.1 Å². The molecule has 0 aliphatic carbocycles. The Morgan fingerprint density at radius 1 is 1.40 bits per heavy atom. The number of amides is 3. The average Bonchev–Trinajstić information content (AvgIpc) is 2.88. The molecule has 1 aromatic heterocycles. The van der Waals surface area contributed by atoms with E-state index in [1.54, 1.807) is 11.6 Å². The van der Waals surface area contributed by atoms with Crippen LogP contribution in [0.15, 0.2) is 6.33 Å². The largest absolute Gasteiger partial charge is 0.325 e. The van der Waals surface area contributed by atoms with E-state index < -0.39 is 5.54 Å². The van der Waals surface area contributed by atoms with Crippen molar-refractivity contribution >= 4 is 11.9 Å². The summed E-state index contributed by atoms with van der Waals surface area (Å²) in [6.07, 6.45) is 2.04. The van der Waals surface area contributed by atoms with Crippen molar-refractivity contribution in [3.63, 3.8) is 0 Å². The highest BCUT2D eigenvalue weighted by atomic mass is 16.2. The fourth-order valence-corrected chi connectivity index (χ4v) is 2.29. The number of urea groups is 1. The van der Waals surface area contributed by atoms with E-state index in [4.69, 9.17) is 0 Å². The van der Waals surface area contributed by atoms with Crippen molar-refractivity contribution in [2.45, 2.75) is 52.7 Å². The van der Waals surface area contributed by atoms with Crippen molar-refractivity contribution in [1.29, 1.82) is 0 Å². The molecule has 1 fully saturated rings. The summed E-state index contributed by atoms with van der Waals surface area (Å²) in [5.41, 5.74) is -0.814. The summed E-state index contributed by atoms with van der Waals surface area (Å²) in [6.45, 7) is 8.87. The zero-order valence-electron chi connectivity index (χ0n) is 12.4. The van der Waals surface area contributed by atoms with Gasteiger partial charge in [0.2, 0.25) is 0 Å². The monoisotopic (exact) mass is 279 g/mol. The van der Waals surface area contributed by atoms with E-state index in [0.29, 0.717) is 18.2 Å². The molecule has 0 saturated carbocycles. The van der Waals surface area contributed by atoms with Crippen LogP contribution < -0.4 is 5.32 Å². The zero-order chi connectivity index (χ0) is 14.9. The predicted octanol–water partition coefficient (Wildman–Crippen LogP) is 1.15. The van der Waals surface area contributed by atoms with E-state index in [1.165, 1.54) is 11.2 Å². The number of nitrogens with one attached hydrogen (secondary N) is 1. The number of imide groups is 1. The molecule has 1 unspecified atom stereocenters. The maximum Gasteiger partial charge on any atom is 0.325 e. The lowest BCUT2D eigenvalue weighted by Gasteiger charge is -2.30. The Morgan fingerprint density at radius 2 is 2.10 bits per heavy atom. The average molecular weight is 279 g/mol. The Morgan fingerprint density at radius 3 is 2.70 bits per heavy atom. The summed E-state index contributed by atoms with van der Waals surface area (Å²) in [5.74, 6) is 0.880. The molecule has 0 radical (unpaired) electrons. The lowest BCUT2D eigenvalue weighted by Crippen LogP contribution is -2.46. The molecule has 2 heterocycles. The van der Waals surface area contributed by atoms with Crippen LogP contribution in [0, 0.1) is 5.92 Å². The van der Waals surface area contributed by atoms with Gasteiger partial charge in [-0.1, -0.05) is 20.8 Å². The quantitative estimate of drug-likeness (QED) is 0.820. The van der Waals surface area contributed by atoms with Crippen LogP contribution in [-0.2, 0) is 17.9 Å². The molecular formula is C13H21N5O2. The molecule has 1 saturated heterocycles. The van der Waals surface area contributed by atoms with Crippen LogP contribution in [0.25, 0.3) is 0 Å². The van der Waals surface area contributed by atoms with Gasteiger partial charge >= 0.3 is 6.03 Å². The topological polar surface area (TPSA) is 80.1 Å². The van der Waals surface area contributed by atoms with Crippen LogP contribution in [0.2, 0.25) is 0 Å². The third-order valence-electron chi connectivity index (χ3n) is 3.77. The smallest absolute Gasteiger partial charge is 0.302 e. The maximum atomic E-state index is 12.0. The van der Waals surface area contributed by atoms with Crippen LogP contribution in [0.3, 0.4) is 0 Å². The molecule has 7 heteroatoms. The molecule has 2 rings (SSSR count). The molecule has 1 N–H and O–H groups in total. The molecule has 7 nitrogen and oxygen atoms in total. The minimum atomic E-state index is -0.814. The van der Waals surface area contributed by atoms with Crippen molar-refractivity contribution in [3.8, 4) is 0 Å². The maximum absolute atomic E-state index is 12.0. The van der Waals surface area contributed by atoms with Crippen molar-refractivity contribution in [3.05, 3.63) is 12.2 Å². The Balaban J connectivity index is 2.23. The number of carbonyl (C=O) groups excluding carboxylic acids is 2. The van der Waals surface area contributed by atoms with Gasteiger partial charge in [0, 0.05) is 6.54 Å². The first-order chi connectivity index (χ1) is 9.38. The van der Waals surface area contributed by atoms with Crippen molar-refractivity contribution in [2.24, 2.45) is 5.92 Å². The molecule has 1 atom stereocenters. The number of carbonyl (C=O) groups is 2. The minimum absolute atomic E-state index is 0.250. The van der Waals surface area contributed by atoms with Gasteiger partial charge in [0.05, 0.1) is 6.54 Å².